The summed E-state index contributed by atoms with van der Waals surface area (Å²) in [4.78, 5) is 0. The molecule has 120 valence electrons. The quantitative estimate of drug-likeness (QED) is 0.653. The summed E-state index contributed by atoms with van der Waals surface area (Å²) in [6.07, 6.45) is 7.05. The SMILES string of the molecule is CCCCCCOc1ccc(CCC(N)C(C)(C)C)cc1. The third-order valence-corrected chi connectivity index (χ3v) is 4.05. The third-order valence-electron chi connectivity index (χ3n) is 4.05. The number of hydrogen-bond acceptors (Lipinski definition) is 2. The minimum atomic E-state index is 0.182. The maximum absolute atomic E-state index is 6.21. The van der Waals surface area contributed by atoms with Gasteiger partial charge in [-0.05, 0) is 42.4 Å². The highest BCUT2D eigenvalue weighted by molar-refractivity contribution is 5.27. The lowest BCUT2D eigenvalue weighted by Crippen LogP contribution is -2.35. The van der Waals surface area contributed by atoms with Crippen molar-refractivity contribution in [3.63, 3.8) is 0 Å². The Morgan fingerprint density at radius 2 is 1.71 bits per heavy atom. The molecular weight excluding hydrogens is 258 g/mol. The van der Waals surface area contributed by atoms with Crippen LogP contribution in [-0.2, 0) is 6.42 Å². The van der Waals surface area contributed by atoms with Crippen molar-refractivity contribution < 1.29 is 4.74 Å². The van der Waals surface area contributed by atoms with Crippen LogP contribution in [0.1, 0.15) is 65.4 Å². The molecule has 1 atom stereocenters. The van der Waals surface area contributed by atoms with Crippen molar-refractivity contribution in [2.75, 3.05) is 6.61 Å². The Hall–Kier alpha value is -1.02. The average Bonchev–Trinajstić information content (AvgIpc) is 2.44. The maximum Gasteiger partial charge on any atom is 0.119 e. The van der Waals surface area contributed by atoms with E-state index in [2.05, 4.69) is 52.0 Å². The van der Waals surface area contributed by atoms with Gasteiger partial charge in [0.1, 0.15) is 5.75 Å². The normalized spacial score (nSPS) is 13.2. The molecule has 0 aromatic heterocycles. The first-order valence-electron chi connectivity index (χ1n) is 8.41. The lowest BCUT2D eigenvalue weighted by Gasteiger charge is -2.27. The highest BCUT2D eigenvalue weighted by Crippen LogP contribution is 2.22. The molecule has 1 aromatic rings. The van der Waals surface area contributed by atoms with Gasteiger partial charge in [0, 0.05) is 6.04 Å². The summed E-state index contributed by atoms with van der Waals surface area (Å²) in [6, 6.07) is 8.73. The Morgan fingerprint density at radius 3 is 2.29 bits per heavy atom. The molecule has 1 aromatic carbocycles. The Bertz CT molecular complexity index is 378. The number of aryl methyl sites for hydroxylation is 1. The van der Waals surface area contributed by atoms with Crippen molar-refractivity contribution in [2.24, 2.45) is 11.1 Å². The summed E-state index contributed by atoms with van der Waals surface area (Å²) < 4.78 is 5.76. The van der Waals surface area contributed by atoms with Gasteiger partial charge in [0.2, 0.25) is 0 Å². The standard InChI is InChI=1S/C19H33NO/c1-5-6-7-8-15-21-17-12-9-16(10-13-17)11-14-18(20)19(2,3)4/h9-10,12-13,18H,5-8,11,14-15,20H2,1-4H3. The largest absolute Gasteiger partial charge is 0.494 e. The Morgan fingerprint density at radius 1 is 1.05 bits per heavy atom. The molecule has 1 rings (SSSR count). The number of benzene rings is 1. The maximum atomic E-state index is 6.21. The number of rotatable bonds is 9. The molecule has 1 unspecified atom stereocenters. The molecule has 2 heteroatoms. The molecule has 0 amide bonds. The molecule has 0 radical (unpaired) electrons. The van der Waals surface area contributed by atoms with Gasteiger partial charge in [-0.15, -0.1) is 0 Å². The predicted octanol–water partition coefficient (Wildman–Crippen LogP) is 4.95. The second-order valence-corrected chi connectivity index (χ2v) is 7.06. The van der Waals surface area contributed by atoms with Crippen molar-refractivity contribution in [1.82, 2.24) is 0 Å². The molecule has 2 N–H and O–H groups in total. The summed E-state index contributed by atoms with van der Waals surface area (Å²) in [7, 11) is 0. The van der Waals surface area contributed by atoms with Crippen molar-refractivity contribution in [2.45, 2.75) is 72.3 Å². The fraction of sp³-hybridized carbons (Fsp3) is 0.684. The highest BCUT2D eigenvalue weighted by atomic mass is 16.5. The molecule has 0 heterocycles. The van der Waals surface area contributed by atoms with Crippen molar-refractivity contribution >= 4 is 0 Å². The molecular formula is C19H33NO. The predicted molar refractivity (Wildman–Crippen MR) is 91.8 cm³/mol. The summed E-state index contributed by atoms with van der Waals surface area (Å²) in [5.41, 5.74) is 7.73. The summed E-state index contributed by atoms with van der Waals surface area (Å²) in [6.45, 7) is 9.66. The summed E-state index contributed by atoms with van der Waals surface area (Å²) in [5, 5.41) is 0. The van der Waals surface area contributed by atoms with E-state index in [1.165, 1.54) is 24.8 Å². The van der Waals surface area contributed by atoms with Crippen LogP contribution in [0.5, 0.6) is 5.75 Å². The molecule has 0 saturated carbocycles. The molecule has 0 aliphatic carbocycles. The molecule has 0 aliphatic rings. The average molecular weight is 291 g/mol. The van der Waals surface area contributed by atoms with E-state index in [0.29, 0.717) is 0 Å². The lowest BCUT2D eigenvalue weighted by atomic mass is 9.84. The lowest BCUT2D eigenvalue weighted by molar-refractivity contribution is 0.303. The van der Waals surface area contributed by atoms with Crippen LogP contribution < -0.4 is 10.5 Å². The fourth-order valence-corrected chi connectivity index (χ4v) is 2.23. The van der Waals surface area contributed by atoms with Gasteiger partial charge < -0.3 is 10.5 Å². The first kappa shape index (κ1) is 18.0. The zero-order valence-electron chi connectivity index (χ0n) is 14.3. The number of unbranched alkanes of at least 4 members (excludes halogenated alkanes) is 3. The first-order valence-corrected chi connectivity index (χ1v) is 8.41. The van der Waals surface area contributed by atoms with Gasteiger partial charge in [0.25, 0.3) is 0 Å². The number of ether oxygens (including phenoxy) is 1. The zero-order valence-corrected chi connectivity index (χ0v) is 14.3. The van der Waals surface area contributed by atoms with E-state index in [4.69, 9.17) is 10.5 Å². The van der Waals surface area contributed by atoms with E-state index >= 15 is 0 Å². The molecule has 0 spiro atoms. The second-order valence-electron chi connectivity index (χ2n) is 7.06. The van der Waals surface area contributed by atoms with Crippen LogP contribution >= 0.6 is 0 Å². The van der Waals surface area contributed by atoms with Gasteiger partial charge in [-0.1, -0.05) is 59.1 Å². The van der Waals surface area contributed by atoms with Gasteiger partial charge in [-0.25, -0.2) is 0 Å². The Kier molecular flexibility index (Phi) is 7.81. The van der Waals surface area contributed by atoms with E-state index in [1.54, 1.807) is 0 Å². The number of nitrogens with two attached hydrogens (primary N) is 1. The van der Waals surface area contributed by atoms with Gasteiger partial charge in [0.05, 0.1) is 6.61 Å². The second kappa shape index (κ2) is 9.09. The van der Waals surface area contributed by atoms with Crippen LogP contribution in [0, 0.1) is 5.41 Å². The third kappa shape index (κ3) is 7.52. The highest BCUT2D eigenvalue weighted by Gasteiger charge is 2.19. The smallest absolute Gasteiger partial charge is 0.119 e. The minimum Gasteiger partial charge on any atom is -0.494 e. The van der Waals surface area contributed by atoms with Crippen molar-refractivity contribution in [3.05, 3.63) is 29.8 Å². The van der Waals surface area contributed by atoms with E-state index < -0.39 is 0 Å². The Balaban J connectivity index is 2.30. The van der Waals surface area contributed by atoms with Crippen LogP contribution in [-0.4, -0.2) is 12.6 Å². The number of hydrogen-bond donors (Lipinski definition) is 1. The molecule has 21 heavy (non-hydrogen) atoms. The first-order chi connectivity index (χ1) is 9.93. The molecule has 0 fully saturated rings. The van der Waals surface area contributed by atoms with E-state index in [9.17, 15) is 0 Å². The van der Waals surface area contributed by atoms with Crippen LogP contribution in [0.4, 0.5) is 0 Å². The van der Waals surface area contributed by atoms with Gasteiger partial charge in [-0.2, -0.15) is 0 Å². The van der Waals surface area contributed by atoms with E-state index in [0.717, 1.165) is 31.6 Å². The molecule has 0 aliphatic heterocycles. The van der Waals surface area contributed by atoms with Crippen LogP contribution in [0.3, 0.4) is 0 Å². The van der Waals surface area contributed by atoms with Crippen LogP contribution in [0.25, 0.3) is 0 Å². The van der Waals surface area contributed by atoms with Crippen LogP contribution in [0.15, 0.2) is 24.3 Å². The Labute approximate surface area is 131 Å². The van der Waals surface area contributed by atoms with Crippen molar-refractivity contribution in [1.29, 1.82) is 0 Å². The van der Waals surface area contributed by atoms with E-state index in [-0.39, 0.29) is 11.5 Å². The monoisotopic (exact) mass is 291 g/mol. The topological polar surface area (TPSA) is 35.2 Å². The van der Waals surface area contributed by atoms with Gasteiger partial charge in [0.15, 0.2) is 0 Å². The van der Waals surface area contributed by atoms with E-state index in [1.807, 2.05) is 0 Å². The fourth-order valence-electron chi connectivity index (χ4n) is 2.23. The molecule has 2 nitrogen and oxygen atoms in total. The summed E-state index contributed by atoms with van der Waals surface area (Å²) >= 11 is 0. The molecule has 0 saturated heterocycles. The summed E-state index contributed by atoms with van der Waals surface area (Å²) in [5.74, 6) is 0.982. The zero-order chi connectivity index (χ0) is 15.7. The minimum absolute atomic E-state index is 0.182. The van der Waals surface area contributed by atoms with Crippen LogP contribution in [0.2, 0.25) is 0 Å². The van der Waals surface area contributed by atoms with Gasteiger partial charge >= 0.3 is 0 Å². The van der Waals surface area contributed by atoms with Gasteiger partial charge in [-0.3, -0.25) is 0 Å². The molecule has 0 bridgehead atoms. The van der Waals surface area contributed by atoms with Crippen molar-refractivity contribution in [3.8, 4) is 5.75 Å².